The van der Waals surface area contributed by atoms with E-state index in [1.165, 1.54) is 0 Å². The van der Waals surface area contributed by atoms with Crippen LogP contribution in [-0.4, -0.2) is 53.6 Å². The minimum atomic E-state index is -0.437. The number of carbonyl (C=O) groups excluding carboxylic acids is 2. The zero-order valence-electron chi connectivity index (χ0n) is 10.9. The van der Waals surface area contributed by atoms with E-state index in [4.69, 9.17) is 10.8 Å². The number of rotatable bonds is 6. The summed E-state index contributed by atoms with van der Waals surface area (Å²) in [4.78, 5) is 24.3. The number of nitrogens with one attached hydrogen (secondary N) is 1. The largest absolute Gasteiger partial charge is 0.393 e. The van der Waals surface area contributed by atoms with Gasteiger partial charge in [0.05, 0.1) is 12.6 Å². The zero-order valence-corrected chi connectivity index (χ0v) is 10.9. The van der Waals surface area contributed by atoms with Gasteiger partial charge in [-0.2, -0.15) is 0 Å². The van der Waals surface area contributed by atoms with Gasteiger partial charge in [0.2, 0.25) is 11.8 Å². The Bertz CT molecular complexity index is 286. The third-order valence-electron chi connectivity index (χ3n) is 3.12. The Morgan fingerprint density at radius 1 is 1.44 bits per heavy atom. The quantitative estimate of drug-likeness (QED) is 0.581. The average molecular weight is 257 g/mol. The highest BCUT2D eigenvalue weighted by Gasteiger charge is 2.21. The van der Waals surface area contributed by atoms with Crippen molar-refractivity contribution >= 4 is 11.8 Å². The summed E-state index contributed by atoms with van der Waals surface area (Å²) in [7, 11) is 0. The lowest BCUT2D eigenvalue weighted by atomic mass is 10.0. The Labute approximate surface area is 108 Å². The summed E-state index contributed by atoms with van der Waals surface area (Å²) in [5.41, 5.74) is 5.13. The van der Waals surface area contributed by atoms with E-state index in [2.05, 4.69) is 5.32 Å². The Kier molecular flexibility index (Phi) is 6.07. The third kappa shape index (κ3) is 5.97. The van der Waals surface area contributed by atoms with Crippen LogP contribution in [0, 0.1) is 0 Å². The van der Waals surface area contributed by atoms with Gasteiger partial charge in [0.1, 0.15) is 0 Å². The topological polar surface area (TPSA) is 95.7 Å². The van der Waals surface area contributed by atoms with Crippen molar-refractivity contribution in [1.29, 1.82) is 0 Å². The van der Waals surface area contributed by atoms with Crippen molar-refractivity contribution in [2.75, 3.05) is 19.6 Å². The summed E-state index contributed by atoms with van der Waals surface area (Å²) in [6, 6.07) is 0.177. The second-order valence-electron chi connectivity index (χ2n) is 4.97. The van der Waals surface area contributed by atoms with E-state index in [1.807, 2.05) is 4.90 Å². The van der Waals surface area contributed by atoms with Crippen molar-refractivity contribution in [3.63, 3.8) is 0 Å². The van der Waals surface area contributed by atoms with E-state index in [9.17, 15) is 9.59 Å². The number of nitrogens with zero attached hydrogens (tertiary/aromatic N) is 1. The third-order valence-corrected chi connectivity index (χ3v) is 3.12. The van der Waals surface area contributed by atoms with Crippen molar-refractivity contribution in [3.8, 4) is 0 Å². The fourth-order valence-corrected chi connectivity index (χ4v) is 2.10. The molecule has 0 saturated carbocycles. The summed E-state index contributed by atoms with van der Waals surface area (Å²) < 4.78 is 0. The number of hydrogen-bond donors (Lipinski definition) is 3. The van der Waals surface area contributed by atoms with Gasteiger partial charge in [0, 0.05) is 25.6 Å². The molecule has 1 fully saturated rings. The molecule has 0 aromatic rings. The maximum Gasteiger partial charge on any atom is 0.231 e. The van der Waals surface area contributed by atoms with Crippen molar-refractivity contribution < 1.29 is 14.7 Å². The molecular weight excluding hydrogens is 234 g/mol. The second-order valence-corrected chi connectivity index (χ2v) is 4.97. The molecule has 1 rings (SSSR count). The first-order valence-corrected chi connectivity index (χ1v) is 6.45. The van der Waals surface area contributed by atoms with Gasteiger partial charge in [-0.3, -0.25) is 14.5 Å². The van der Waals surface area contributed by atoms with Crippen LogP contribution >= 0.6 is 0 Å². The lowest BCUT2D eigenvalue weighted by Crippen LogP contribution is -2.46. The molecule has 6 heteroatoms. The standard InChI is InChI=1S/C12H23N3O3/c1-9(16)2-3-12(18)14-10-4-6-15(7-5-10)8-11(13)17/h9-10,16H,2-8H2,1H3,(H2,13,17)(H,14,18). The Morgan fingerprint density at radius 3 is 2.56 bits per heavy atom. The van der Waals surface area contributed by atoms with Gasteiger partial charge >= 0.3 is 0 Å². The van der Waals surface area contributed by atoms with Crippen LogP contribution in [-0.2, 0) is 9.59 Å². The molecule has 1 heterocycles. The molecule has 0 bridgehead atoms. The number of carbonyl (C=O) groups is 2. The molecule has 0 aromatic carbocycles. The number of aliphatic hydroxyl groups excluding tert-OH is 1. The molecule has 1 saturated heterocycles. The molecule has 1 aliphatic heterocycles. The summed E-state index contributed by atoms with van der Waals surface area (Å²) in [6.07, 6.45) is 2.10. The fraction of sp³-hybridized carbons (Fsp3) is 0.833. The number of nitrogens with two attached hydrogens (primary N) is 1. The molecule has 1 atom stereocenters. The second kappa shape index (κ2) is 7.33. The Morgan fingerprint density at radius 2 is 2.06 bits per heavy atom. The highest BCUT2D eigenvalue weighted by molar-refractivity contribution is 5.76. The van der Waals surface area contributed by atoms with Gasteiger partial charge in [0.25, 0.3) is 0 Å². The first-order chi connectivity index (χ1) is 8.47. The van der Waals surface area contributed by atoms with Gasteiger partial charge in [-0.15, -0.1) is 0 Å². The number of piperidine rings is 1. The van der Waals surface area contributed by atoms with Gasteiger partial charge < -0.3 is 16.2 Å². The molecule has 18 heavy (non-hydrogen) atoms. The molecule has 104 valence electrons. The number of likely N-dealkylation sites (tertiary alicyclic amines) is 1. The van der Waals surface area contributed by atoms with Crippen LogP contribution in [0.1, 0.15) is 32.6 Å². The number of aliphatic hydroxyl groups is 1. The molecule has 0 aromatic heterocycles. The van der Waals surface area contributed by atoms with Crippen LogP contribution in [0.25, 0.3) is 0 Å². The maximum atomic E-state index is 11.6. The van der Waals surface area contributed by atoms with E-state index in [0.29, 0.717) is 19.4 Å². The van der Waals surface area contributed by atoms with E-state index >= 15 is 0 Å². The summed E-state index contributed by atoms with van der Waals surface area (Å²) in [6.45, 7) is 3.53. The minimum Gasteiger partial charge on any atom is -0.393 e. The summed E-state index contributed by atoms with van der Waals surface area (Å²) >= 11 is 0. The molecule has 4 N–H and O–H groups in total. The average Bonchev–Trinajstić information content (AvgIpc) is 2.28. The number of hydrogen-bond acceptors (Lipinski definition) is 4. The lowest BCUT2D eigenvalue weighted by Gasteiger charge is -2.31. The molecular formula is C12H23N3O3. The van der Waals surface area contributed by atoms with Crippen LogP contribution in [0.4, 0.5) is 0 Å². The monoisotopic (exact) mass is 257 g/mol. The number of amides is 2. The minimum absolute atomic E-state index is 0.00995. The van der Waals surface area contributed by atoms with Crippen LogP contribution in [0.5, 0.6) is 0 Å². The SMILES string of the molecule is CC(O)CCC(=O)NC1CCN(CC(N)=O)CC1. The van der Waals surface area contributed by atoms with Crippen LogP contribution in [0.15, 0.2) is 0 Å². The molecule has 1 aliphatic rings. The molecule has 0 aliphatic carbocycles. The summed E-state index contributed by atoms with van der Waals surface area (Å²) in [5, 5.41) is 12.1. The van der Waals surface area contributed by atoms with E-state index in [-0.39, 0.29) is 17.9 Å². The normalized spacial score (nSPS) is 19.4. The maximum absolute atomic E-state index is 11.6. The van der Waals surface area contributed by atoms with Crippen LogP contribution < -0.4 is 11.1 Å². The Hall–Kier alpha value is -1.14. The van der Waals surface area contributed by atoms with Crippen molar-refractivity contribution in [2.45, 2.75) is 44.8 Å². The molecule has 0 radical (unpaired) electrons. The number of primary amides is 1. The van der Waals surface area contributed by atoms with Gasteiger partial charge in [0.15, 0.2) is 0 Å². The predicted octanol–water partition coefficient (Wildman–Crippen LogP) is -0.787. The Balaban J connectivity index is 2.18. The van der Waals surface area contributed by atoms with Gasteiger partial charge in [-0.05, 0) is 26.2 Å². The van der Waals surface area contributed by atoms with E-state index in [0.717, 1.165) is 25.9 Å². The van der Waals surface area contributed by atoms with Gasteiger partial charge in [-0.25, -0.2) is 0 Å². The van der Waals surface area contributed by atoms with Crippen molar-refractivity contribution in [2.24, 2.45) is 5.73 Å². The highest BCUT2D eigenvalue weighted by atomic mass is 16.3. The van der Waals surface area contributed by atoms with Crippen LogP contribution in [0.2, 0.25) is 0 Å². The highest BCUT2D eigenvalue weighted by Crippen LogP contribution is 2.10. The van der Waals surface area contributed by atoms with Gasteiger partial charge in [-0.1, -0.05) is 0 Å². The lowest BCUT2D eigenvalue weighted by molar-refractivity contribution is -0.123. The summed E-state index contributed by atoms with van der Waals surface area (Å²) in [5.74, 6) is -0.321. The molecule has 2 amide bonds. The van der Waals surface area contributed by atoms with E-state index < -0.39 is 6.10 Å². The fourth-order valence-electron chi connectivity index (χ4n) is 2.10. The van der Waals surface area contributed by atoms with Crippen molar-refractivity contribution in [1.82, 2.24) is 10.2 Å². The predicted molar refractivity (Wildman–Crippen MR) is 67.7 cm³/mol. The van der Waals surface area contributed by atoms with Crippen LogP contribution in [0.3, 0.4) is 0 Å². The smallest absolute Gasteiger partial charge is 0.231 e. The van der Waals surface area contributed by atoms with Crippen molar-refractivity contribution in [3.05, 3.63) is 0 Å². The van der Waals surface area contributed by atoms with E-state index in [1.54, 1.807) is 6.92 Å². The zero-order chi connectivity index (χ0) is 13.5. The molecule has 1 unspecified atom stereocenters. The first kappa shape index (κ1) is 14.9. The molecule has 6 nitrogen and oxygen atoms in total. The first-order valence-electron chi connectivity index (χ1n) is 6.45. The molecule has 0 spiro atoms.